The van der Waals surface area contributed by atoms with Crippen LogP contribution in [0.1, 0.15) is 11.5 Å². The molecule has 118 valence electrons. The summed E-state index contributed by atoms with van der Waals surface area (Å²) >= 11 is 0. The van der Waals surface area contributed by atoms with Crippen LogP contribution in [0.4, 0.5) is 0 Å². The van der Waals surface area contributed by atoms with Gasteiger partial charge in [-0.2, -0.15) is 0 Å². The average molecular weight is 314 g/mol. The summed E-state index contributed by atoms with van der Waals surface area (Å²) in [6, 6.07) is 10.8. The lowest BCUT2D eigenvalue weighted by molar-refractivity contribution is -0.148. The third kappa shape index (κ3) is 3.97. The van der Waals surface area contributed by atoms with E-state index in [9.17, 15) is 4.79 Å². The first kappa shape index (κ1) is 14.8. The van der Waals surface area contributed by atoms with Crippen LogP contribution < -0.4 is 4.74 Å². The van der Waals surface area contributed by atoms with Crippen LogP contribution in [0, 0.1) is 6.92 Å². The number of aryl methyl sites for hydroxylation is 1. The van der Waals surface area contributed by atoms with Crippen molar-refractivity contribution in [3.63, 3.8) is 0 Å². The highest BCUT2D eigenvalue weighted by Crippen LogP contribution is 2.18. The van der Waals surface area contributed by atoms with Crippen molar-refractivity contribution >= 4 is 5.97 Å². The van der Waals surface area contributed by atoms with Crippen LogP contribution in [0.15, 0.2) is 51.5 Å². The minimum Gasteiger partial charge on any atom is -0.482 e. The quantitative estimate of drug-likeness (QED) is 0.646. The molecule has 0 radical (unpaired) electrons. The molecule has 0 atom stereocenters. The van der Waals surface area contributed by atoms with Crippen molar-refractivity contribution in [2.75, 3.05) is 6.61 Å². The first-order chi connectivity index (χ1) is 11.2. The Balaban J connectivity index is 1.47. The smallest absolute Gasteiger partial charge is 0.344 e. The number of rotatable bonds is 6. The molecule has 0 aliphatic carbocycles. The summed E-state index contributed by atoms with van der Waals surface area (Å²) < 4.78 is 20.8. The van der Waals surface area contributed by atoms with E-state index in [0.717, 1.165) is 5.56 Å². The maximum atomic E-state index is 11.7. The SMILES string of the molecule is Cc1cccc(OCC(=O)OCc2nnc(-c3ccco3)o2)c1. The zero-order valence-corrected chi connectivity index (χ0v) is 12.4. The summed E-state index contributed by atoms with van der Waals surface area (Å²) in [5.41, 5.74) is 1.05. The fourth-order valence-corrected chi connectivity index (χ4v) is 1.84. The van der Waals surface area contributed by atoms with Crippen molar-refractivity contribution in [1.29, 1.82) is 0 Å². The van der Waals surface area contributed by atoms with Gasteiger partial charge in [0.2, 0.25) is 0 Å². The van der Waals surface area contributed by atoms with Crippen LogP contribution in [0.25, 0.3) is 11.7 Å². The van der Waals surface area contributed by atoms with Crippen molar-refractivity contribution < 1.29 is 23.1 Å². The molecular formula is C16H14N2O5. The lowest BCUT2D eigenvalue weighted by Crippen LogP contribution is -2.14. The predicted octanol–water partition coefficient (Wildman–Crippen LogP) is 2.76. The van der Waals surface area contributed by atoms with Gasteiger partial charge in [0.05, 0.1) is 6.26 Å². The highest BCUT2D eigenvalue weighted by atomic mass is 16.6. The summed E-state index contributed by atoms with van der Waals surface area (Å²) in [6.45, 7) is 1.63. The second-order valence-corrected chi connectivity index (χ2v) is 4.74. The molecule has 0 aliphatic heterocycles. The van der Waals surface area contributed by atoms with Crippen LogP contribution in [-0.4, -0.2) is 22.8 Å². The fraction of sp³-hybridized carbons (Fsp3) is 0.188. The van der Waals surface area contributed by atoms with Crippen molar-refractivity contribution in [2.45, 2.75) is 13.5 Å². The van der Waals surface area contributed by atoms with E-state index in [1.807, 2.05) is 25.1 Å². The Morgan fingerprint density at radius 3 is 2.91 bits per heavy atom. The Morgan fingerprint density at radius 1 is 1.22 bits per heavy atom. The third-order valence-electron chi connectivity index (χ3n) is 2.90. The van der Waals surface area contributed by atoms with Gasteiger partial charge in [-0.1, -0.05) is 12.1 Å². The molecule has 0 spiro atoms. The number of carbonyl (C=O) groups excluding carboxylic acids is 1. The molecule has 0 amide bonds. The number of ether oxygens (including phenoxy) is 2. The maximum Gasteiger partial charge on any atom is 0.344 e. The molecule has 3 rings (SSSR count). The van der Waals surface area contributed by atoms with E-state index in [0.29, 0.717) is 11.5 Å². The van der Waals surface area contributed by atoms with Crippen molar-refractivity contribution in [3.05, 3.63) is 54.1 Å². The van der Waals surface area contributed by atoms with Gasteiger partial charge < -0.3 is 18.3 Å². The van der Waals surface area contributed by atoms with Crippen LogP contribution in [0.3, 0.4) is 0 Å². The van der Waals surface area contributed by atoms with E-state index in [4.69, 9.17) is 18.3 Å². The minimum atomic E-state index is -0.524. The zero-order chi connectivity index (χ0) is 16.1. The summed E-state index contributed by atoms with van der Waals surface area (Å²) in [5, 5.41) is 7.59. The van der Waals surface area contributed by atoms with Gasteiger partial charge in [-0.25, -0.2) is 4.79 Å². The van der Waals surface area contributed by atoms with Gasteiger partial charge in [0.1, 0.15) is 5.75 Å². The van der Waals surface area contributed by atoms with Crippen LogP contribution in [0.2, 0.25) is 0 Å². The zero-order valence-electron chi connectivity index (χ0n) is 12.4. The van der Waals surface area contributed by atoms with Gasteiger partial charge in [-0.15, -0.1) is 10.2 Å². The van der Waals surface area contributed by atoms with E-state index in [2.05, 4.69) is 10.2 Å². The van der Waals surface area contributed by atoms with Gasteiger partial charge in [0, 0.05) is 0 Å². The molecule has 0 fully saturated rings. The van der Waals surface area contributed by atoms with Crippen LogP contribution in [-0.2, 0) is 16.1 Å². The molecule has 7 nitrogen and oxygen atoms in total. The number of hydrogen-bond acceptors (Lipinski definition) is 7. The van der Waals surface area contributed by atoms with E-state index in [-0.39, 0.29) is 25.0 Å². The summed E-state index contributed by atoms with van der Waals surface area (Å²) in [6.07, 6.45) is 1.50. The van der Waals surface area contributed by atoms with Crippen LogP contribution >= 0.6 is 0 Å². The molecule has 3 aromatic rings. The highest BCUT2D eigenvalue weighted by molar-refractivity contribution is 5.71. The molecule has 0 saturated heterocycles. The van der Waals surface area contributed by atoms with Gasteiger partial charge in [0.25, 0.3) is 11.8 Å². The Labute approximate surface area is 131 Å². The Kier molecular flexibility index (Phi) is 4.37. The van der Waals surface area contributed by atoms with Gasteiger partial charge in [-0.3, -0.25) is 0 Å². The molecule has 2 heterocycles. The molecule has 1 aromatic carbocycles. The lowest BCUT2D eigenvalue weighted by Gasteiger charge is -2.06. The first-order valence-electron chi connectivity index (χ1n) is 6.92. The second kappa shape index (κ2) is 6.78. The molecule has 7 heteroatoms. The summed E-state index contributed by atoms with van der Waals surface area (Å²) in [5.74, 6) is 0.958. The van der Waals surface area contributed by atoms with Gasteiger partial charge >= 0.3 is 5.97 Å². The minimum absolute atomic E-state index is 0.121. The molecule has 23 heavy (non-hydrogen) atoms. The summed E-state index contributed by atoms with van der Waals surface area (Å²) in [4.78, 5) is 11.7. The number of carbonyl (C=O) groups is 1. The third-order valence-corrected chi connectivity index (χ3v) is 2.90. The fourth-order valence-electron chi connectivity index (χ4n) is 1.84. The number of furan rings is 1. The maximum absolute atomic E-state index is 11.7. The van der Waals surface area contributed by atoms with E-state index in [1.165, 1.54) is 6.26 Å². The number of nitrogens with zero attached hydrogens (tertiary/aromatic N) is 2. The normalized spacial score (nSPS) is 10.5. The van der Waals surface area contributed by atoms with E-state index >= 15 is 0 Å². The Morgan fingerprint density at radius 2 is 2.13 bits per heavy atom. The molecule has 0 saturated carbocycles. The largest absolute Gasteiger partial charge is 0.482 e. The molecular weight excluding hydrogens is 300 g/mol. The summed E-state index contributed by atoms with van der Waals surface area (Å²) in [7, 11) is 0. The Bertz CT molecular complexity index is 779. The molecule has 0 bridgehead atoms. The van der Waals surface area contributed by atoms with E-state index < -0.39 is 5.97 Å². The monoisotopic (exact) mass is 314 g/mol. The first-order valence-corrected chi connectivity index (χ1v) is 6.92. The van der Waals surface area contributed by atoms with Crippen molar-refractivity contribution in [2.24, 2.45) is 0 Å². The molecule has 0 aliphatic rings. The number of esters is 1. The number of hydrogen-bond donors (Lipinski definition) is 0. The molecule has 0 N–H and O–H groups in total. The number of aromatic nitrogens is 2. The van der Waals surface area contributed by atoms with Crippen molar-refractivity contribution in [3.8, 4) is 17.4 Å². The second-order valence-electron chi connectivity index (χ2n) is 4.74. The average Bonchev–Trinajstić information content (AvgIpc) is 3.22. The standard InChI is InChI=1S/C16H14N2O5/c1-11-4-2-5-12(8-11)21-10-15(19)22-9-14-17-18-16(23-14)13-6-3-7-20-13/h2-8H,9-10H2,1H3. The van der Waals surface area contributed by atoms with Crippen molar-refractivity contribution in [1.82, 2.24) is 10.2 Å². The van der Waals surface area contributed by atoms with Gasteiger partial charge in [-0.05, 0) is 36.8 Å². The van der Waals surface area contributed by atoms with Crippen LogP contribution in [0.5, 0.6) is 5.75 Å². The highest BCUT2D eigenvalue weighted by Gasteiger charge is 2.13. The van der Waals surface area contributed by atoms with E-state index in [1.54, 1.807) is 18.2 Å². The topological polar surface area (TPSA) is 87.6 Å². The number of benzene rings is 1. The Hall–Kier alpha value is -3.09. The van der Waals surface area contributed by atoms with Gasteiger partial charge in [0.15, 0.2) is 19.0 Å². The lowest BCUT2D eigenvalue weighted by atomic mass is 10.2. The molecule has 2 aromatic heterocycles. The molecule has 0 unspecified atom stereocenters. The predicted molar refractivity (Wildman–Crippen MR) is 78.5 cm³/mol.